The second-order valence-corrected chi connectivity index (χ2v) is 10.1. The Labute approximate surface area is 196 Å². The van der Waals surface area contributed by atoms with Crippen LogP contribution in [0.5, 0.6) is 0 Å². The van der Waals surface area contributed by atoms with Gasteiger partial charge in [-0.2, -0.15) is 4.72 Å². The van der Waals surface area contributed by atoms with E-state index in [0.717, 1.165) is 6.42 Å². The molecule has 0 spiro atoms. The first kappa shape index (κ1) is 23.1. The quantitative estimate of drug-likeness (QED) is 0.324. The van der Waals surface area contributed by atoms with Crippen LogP contribution in [0, 0.1) is 5.82 Å². The van der Waals surface area contributed by atoms with Crippen LogP contribution in [0.25, 0.3) is 22.4 Å². The summed E-state index contributed by atoms with van der Waals surface area (Å²) in [5.41, 5.74) is 6.66. The zero-order valence-electron chi connectivity index (χ0n) is 17.5. The average Bonchev–Trinajstić information content (AvgIpc) is 2.94. The summed E-state index contributed by atoms with van der Waals surface area (Å²) >= 11 is 4.37. The van der Waals surface area contributed by atoms with Gasteiger partial charge in [-0.15, -0.1) is 12.6 Å². The number of hydrogen-bond acceptors (Lipinski definition) is 7. The summed E-state index contributed by atoms with van der Waals surface area (Å²) in [6, 6.07) is 10.5. The lowest BCUT2D eigenvalue weighted by atomic mass is 10.0. The van der Waals surface area contributed by atoms with E-state index in [1.807, 2.05) is 0 Å². The lowest BCUT2D eigenvalue weighted by Crippen LogP contribution is -2.53. The van der Waals surface area contributed by atoms with Crippen LogP contribution in [0.4, 0.5) is 10.2 Å². The van der Waals surface area contributed by atoms with Gasteiger partial charge in [-0.1, -0.05) is 24.3 Å². The second-order valence-electron chi connectivity index (χ2n) is 7.70. The van der Waals surface area contributed by atoms with E-state index >= 15 is 0 Å². The van der Waals surface area contributed by atoms with Gasteiger partial charge in [-0.3, -0.25) is 9.78 Å². The van der Waals surface area contributed by atoms with Gasteiger partial charge in [-0.25, -0.2) is 17.8 Å². The molecule has 1 amide bonds. The molecule has 2 heterocycles. The topological polar surface area (TPSA) is 127 Å². The zero-order chi connectivity index (χ0) is 23.6. The molecule has 0 saturated carbocycles. The Kier molecular flexibility index (Phi) is 6.37. The fourth-order valence-corrected chi connectivity index (χ4v) is 5.73. The van der Waals surface area contributed by atoms with Gasteiger partial charge in [0, 0.05) is 17.7 Å². The van der Waals surface area contributed by atoms with Crippen molar-refractivity contribution in [2.24, 2.45) is 0 Å². The van der Waals surface area contributed by atoms with Crippen molar-refractivity contribution in [1.82, 2.24) is 20.0 Å². The largest absolute Gasteiger partial charge is 0.382 e. The molecule has 8 nitrogen and oxygen atoms in total. The van der Waals surface area contributed by atoms with Gasteiger partial charge in [-0.05, 0) is 43.0 Å². The number of thiol groups is 1. The van der Waals surface area contributed by atoms with Crippen molar-refractivity contribution in [3.8, 4) is 22.4 Å². The highest BCUT2D eigenvalue weighted by atomic mass is 32.2. The van der Waals surface area contributed by atoms with Gasteiger partial charge < -0.3 is 11.1 Å². The summed E-state index contributed by atoms with van der Waals surface area (Å²) in [5.74, 6) is -0.878. The number of amides is 1. The Morgan fingerprint density at radius 1 is 1.09 bits per heavy atom. The molecule has 0 aliphatic carbocycles. The average molecular weight is 488 g/mol. The number of anilines is 1. The lowest BCUT2D eigenvalue weighted by Gasteiger charge is -2.26. The molecule has 1 saturated heterocycles. The summed E-state index contributed by atoms with van der Waals surface area (Å²) in [4.78, 5) is 18.8. The fourth-order valence-electron chi connectivity index (χ4n) is 3.65. The summed E-state index contributed by atoms with van der Waals surface area (Å²) in [6.07, 6.45) is 4.30. The van der Waals surface area contributed by atoms with E-state index in [1.54, 1.807) is 24.3 Å². The Morgan fingerprint density at radius 2 is 1.88 bits per heavy atom. The SMILES string of the molecule is Nc1cnc(-c2ccc(-c3ccccc3S(=O)(=O)NC3(S)CCCCNC3=O)cc2F)cn1. The van der Waals surface area contributed by atoms with Crippen molar-refractivity contribution in [2.45, 2.75) is 29.0 Å². The van der Waals surface area contributed by atoms with E-state index in [0.29, 0.717) is 24.2 Å². The predicted octanol–water partition coefficient (Wildman–Crippen LogP) is 2.74. The number of benzene rings is 2. The smallest absolute Gasteiger partial charge is 0.251 e. The second kappa shape index (κ2) is 9.08. The lowest BCUT2D eigenvalue weighted by molar-refractivity contribution is -0.123. The minimum absolute atomic E-state index is 0.0881. The van der Waals surface area contributed by atoms with Crippen molar-refractivity contribution in [3.63, 3.8) is 0 Å². The number of nitrogens with one attached hydrogen (secondary N) is 2. The minimum atomic E-state index is -4.17. The first-order valence-electron chi connectivity index (χ1n) is 10.2. The molecule has 2 aromatic carbocycles. The molecule has 1 fully saturated rings. The molecule has 33 heavy (non-hydrogen) atoms. The van der Waals surface area contributed by atoms with Gasteiger partial charge >= 0.3 is 0 Å². The highest BCUT2D eigenvalue weighted by molar-refractivity contribution is 7.91. The summed E-state index contributed by atoms with van der Waals surface area (Å²) in [5, 5.41) is 2.68. The number of carbonyl (C=O) groups excluding carboxylic acids is 1. The number of hydrogen-bond donors (Lipinski definition) is 4. The molecular weight excluding hydrogens is 465 g/mol. The molecule has 0 radical (unpaired) electrons. The van der Waals surface area contributed by atoms with Crippen molar-refractivity contribution >= 4 is 34.4 Å². The minimum Gasteiger partial charge on any atom is -0.382 e. The third kappa shape index (κ3) is 4.85. The van der Waals surface area contributed by atoms with Crippen LogP contribution >= 0.6 is 12.6 Å². The standard InChI is InChI=1S/C22H22FN5O3S2/c23-17-11-14(7-8-16(17)18-12-27-20(24)13-26-18)15-5-1-2-6-19(15)33(30,31)28-22(32)9-3-4-10-25-21(22)29/h1-2,5-8,11-13,28,32H,3-4,9-10H2,(H2,24,27)(H,25,29). The number of sulfonamides is 1. The fraction of sp³-hybridized carbons (Fsp3) is 0.227. The number of nitrogens with zero attached hydrogens (tertiary/aromatic N) is 2. The van der Waals surface area contributed by atoms with Gasteiger partial charge in [0.1, 0.15) is 11.6 Å². The zero-order valence-corrected chi connectivity index (χ0v) is 19.2. The third-order valence-corrected chi connectivity index (χ3v) is 7.58. The van der Waals surface area contributed by atoms with Crippen LogP contribution in [0.1, 0.15) is 19.3 Å². The Bertz CT molecular complexity index is 1300. The molecule has 1 aromatic heterocycles. The molecule has 172 valence electrons. The van der Waals surface area contributed by atoms with Gasteiger partial charge in [0.2, 0.25) is 10.0 Å². The van der Waals surface area contributed by atoms with E-state index in [4.69, 9.17) is 5.73 Å². The first-order chi connectivity index (χ1) is 15.7. The third-order valence-electron chi connectivity index (χ3n) is 5.33. The van der Waals surface area contributed by atoms with Crippen molar-refractivity contribution < 1.29 is 17.6 Å². The van der Waals surface area contributed by atoms with E-state index < -0.39 is 26.6 Å². The molecule has 3 aromatic rings. The van der Waals surface area contributed by atoms with Gasteiger partial charge in [0.25, 0.3) is 5.91 Å². The van der Waals surface area contributed by atoms with Crippen LogP contribution in [0.2, 0.25) is 0 Å². The van der Waals surface area contributed by atoms with Crippen LogP contribution < -0.4 is 15.8 Å². The van der Waals surface area contributed by atoms with Crippen molar-refractivity contribution in [2.75, 3.05) is 12.3 Å². The Balaban J connectivity index is 1.71. The van der Waals surface area contributed by atoms with E-state index in [9.17, 15) is 17.6 Å². The number of nitrogens with two attached hydrogens (primary N) is 1. The molecule has 4 N–H and O–H groups in total. The molecule has 1 unspecified atom stereocenters. The van der Waals surface area contributed by atoms with Crippen LogP contribution in [0.15, 0.2) is 59.8 Å². The van der Waals surface area contributed by atoms with Crippen LogP contribution in [-0.2, 0) is 14.8 Å². The molecule has 1 aliphatic heterocycles. The van der Waals surface area contributed by atoms with Crippen molar-refractivity contribution in [3.05, 3.63) is 60.7 Å². The van der Waals surface area contributed by atoms with Crippen molar-refractivity contribution in [1.29, 1.82) is 0 Å². The van der Waals surface area contributed by atoms with E-state index in [1.165, 1.54) is 30.6 Å². The van der Waals surface area contributed by atoms with Gasteiger partial charge in [0.05, 0.1) is 23.0 Å². The van der Waals surface area contributed by atoms with E-state index in [-0.39, 0.29) is 28.3 Å². The predicted molar refractivity (Wildman–Crippen MR) is 126 cm³/mol. The maximum absolute atomic E-state index is 15.0. The van der Waals surface area contributed by atoms with Gasteiger partial charge in [0.15, 0.2) is 4.87 Å². The molecule has 1 aliphatic rings. The number of carbonyl (C=O) groups is 1. The number of rotatable bonds is 5. The Hall–Kier alpha value is -3.02. The first-order valence-corrected chi connectivity index (χ1v) is 12.1. The normalized spacial score (nSPS) is 19.0. The molecule has 0 bridgehead atoms. The van der Waals surface area contributed by atoms with Crippen LogP contribution in [0.3, 0.4) is 0 Å². The highest BCUT2D eigenvalue weighted by Crippen LogP contribution is 2.32. The number of aromatic nitrogens is 2. The molecule has 4 rings (SSSR count). The summed E-state index contributed by atoms with van der Waals surface area (Å²) in [6.45, 7) is 0.462. The van der Waals surface area contributed by atoms with Crippen LogP contribution in [-0.4, -0.2) is 35.7 Å². The number of halogens is 1. The maximum atomic E-state index is 15.0. The Morgan fingerprint density at radius 3 is 2.61 bits per heavy atom. The molecular formula is C22H22FN5O3S2. The number of nitrogen functional groups attached to an aromatic ring is 1. The highest BCUT2D eigenvalue weighted by Gasteiger charge is 2.40. The molecule has 1 atom stereocenters. The summed E-state index contributed by atoms with van der Waals surface area (Å²) in [7, 11) is -4.17. The summed E-state index contributed by atoms with van der Waals surface area (Å²) < 4.78 is 44.0. The maximum Gasteiger partial charge on any atom is 0.251 e. The molecule has 11 heteroatoms. The monoisotopic (exact) mass is 487 g/mol. The van der Waals surface area contributed by atoms with E-state index in [2.05, 4.69) is 32.6 Å².